The molecule has 2 N–H and O–H groups in total. The van der Waals surface area contributed by atoms with Crippen LogP contribution in [0.3, 0.4) is 0 Å². The zero-order valence-electron chi connectivity index (χ0n) is 18.3. The number of carbonyl (C=O) groups is 2. The molecule has 172 valence electrons. The van der Waals surface area contributed by atoms with Crippen molar-refractivity contribution in [3.8, 4) is 0 Å². The molecule has 0 saturated heterocycles. The van der Waals surface area contributed by atoms with Gasteiger partial charge < -0.3 is 19.9 Å². The number of aromatic nitrogens is 1. The van der Waals surface area contributed by atoms with Crippen LogP contribution in [0.1, 0.15) is 39.6 Å². The molecular weight excluding hydrogens is 442 g/mol. The number of benzene rings is 2. The third-order valence-corrected chi connectivity index (χ3v) is 5.25. The van der Waals surface area contributed by atoms with Crippen molar-refractivity contribution in [1.29, 1.82) is 0 Å². The maximum Gasteiger partial charge on any atom is 0.257 e. The number of amides is 2. The van der Waals surface area contributed by atoms with Crippen LogP contribution >= 0.6 is 11.6 Å². The molecule has 0 saturated carbocycles. The van der Waals surface area contributed by atoms with Gasteiger partial charge in [-0.3, -0.25) is 14.4 Å². The monoisotopic (exact) mass is 467 g/mol. The van der Waals surface area contributed by atoms with E-state index in [9.17, 15) is 14.4 Å². The topological polar surface area (TPSA) is 89.4 Å². The molecule has 0 atom stereocenters. The number of nitrogens with zero attached hydrogens (tertiary/aromatic N) is 1. The average molecular weight is 468 g/mol. The largest absolute Gasteiger partial charge is 0.382 e. The number of halogens is 1. The third-order valence-electron chi connectivity index (χ3n) is 4.88. The fraction of sp³-hybridized carbons (Fsp3) is 0.240. The van der Waals surface area contributed by atoms with E-state index in [-0.39, 0.29) is 18.0 Å². The van der Waals surface area contributed by atoms with E-state index in [1.807, 2.05) is 25.1 Å². The minimum Gasteiger partial charge on any atom is -0.382 e. The van der Waals surface area contributed by atoms with E-state index >= 15 is 0 Å². The van der Waals surface area contributed by atoms with Crippen molar-refractivity contribution in [2.45, 2.75) is 19.9 Å². The predicted molar refractivity (Wildman–Crippen MR) is 129 cm³/mol. The van der Waals surface area contributed by atoms with Crippen LogP contribution in [0.15, 0.2) is 71.7 Å². The SMILES string of the molecule is CCOCCCNC(=O)c1cccc(NC(=O)c2ccc(=O)n(Cc3ccccc3Cl)c2)c1. The number of hydrogen-bond acceptors (Lipinski definition) is 4. The van der Waals surface area contributed by atoms with Crippen molar-refractivity contribution in [3.05, 3.63) is 98.9 Å². The quantitative estimate of drug-likeness (QED) is 0.442. The Morgan fingerprint density at radius 1 is 1.00 bits per heavy atom. The molecule has 0 spiro atoms. The molecule has 1 aromatic heterocycles. The molecule has 33 heavy (non-hydrogen) atoms. The van der Waals surface area contributed by atoms with E-state index in [1.54, 1.807) is 30.3 Å². The molecule has 0 bridgehead atoms. The molecule has 8 heteroatoms. The zero-order valence-corrected chi connectivity index (χ0v) is 19.1. The Balaban J connectivity index is 1.66. The number of nitrogens with one attached hydrogen (secondary N) is 2. The Hall–Kier alpha value is -3.42. The van der Waals surface area contributed by atoms with Crippen LogP contribution in [0, 0.1) is 0 Å². The van der Waals surface area contributed by atoms with Crippen molar-refractivity contribution < 1.29 is 14.3 Å². The van der Waals surface area contributed by atoms with Crippen molar-refractivity contribution in [3.63, 3.8) is 0 Å². The van der Waals surface area contributed by atoms with Gasteiger partial charge in [0.25, 0.3) is 17.4 Å². The maximum absolute atomic E-state index is 12.8. The van der Waals surface area contributed by atoms with Gasteiger partial charge in [-0.2, -0.15) is 0 Å². The normalized spacial score (nSPS) is 10.6. The van der Waals surface area contributed by atoms with E-state index < -0.39 is 5.91 Å². The minimum absolute atomic E-state index is 0.226. The fourth-order valence-corrected chi connectivity index (χ4v) is 3.36. The highest BCUT2D eigenvalue weighted by atomic mass is 35.5. The average Bonchev–Trinajstić information content (AvgIpc) is 2.81. The van der Waals surface area contributed by atoms with Crippen LogP contribution < -0.4 is 16.2 Å². The second-order valence-corrected chi connectivity index (χ2v) is 7.72. The van der Waals surface area contributed by atoms with Gasteiger partial charge in [-0.25, -0.2) is 0 Å². The first kappa shape index (κ1) is 24.2. The summed E-state index contributed by atoms with van der Waals surface area (Å²) in [6.07, 6.45) is 2.22. The van der Waals surface area contributed by atoms with Crippen molar-refractivity contribution >= 4 is 29.1 Å². The van der Waals surface area contributed by atoms with E-state index in [1.165, 1.54) is 22.9 Å². The van der Waals surface area contributed by atoms with Crippen LogP contribution in [0.4, 0.5) is 5.69 Å². The predicted octanol–water partition coefficient (Wildman–Crippen LogP) is 3.96. The molecule has 0 radical (unpaired) electrons. The van der Waals surface area contributed by atoms with Crippen molar-refractivity contribution in [2.24, 2.45) is 0 Å². The highest BCUT2D eigenvalue weighted by molar-refractivity contribution is 6.31. The second-order valence-electron chi connectivity index (χ2n) is 7.32. The lowest BCUT2D eigenvalue weighted by Crippen LogP contribution is -2.25. The summed E-state index contributed by atoms with van der Waals surface area (Å²) in [6, 6.07) is 16.7. The highest BCUT2D eigenvalue weighted by Crippen LogP contribution is 2.16. The Bertz CT molecular complexity index is 1180. The van der Waals surface area contributed by atoms with Gasteiger partial charge >= 0.3 is 0 Å². The highest BCUT2D eigenvalue weighted by Gasteiger charge is 2.11. The molecule has 1 heterocycles. The van der Waals surface area contributed by atoms with Gasteiger partial charge in [-0.1, -0.05) is 35.9 Å². The van der Waals surface area contributed by atoms with Crippen molar-refractivity contribution in [2.75, 3.05) is 25.1 Å². The van der Waals surface area contributed by atoms with Gasteiger partial charge in [0.05, 0.1) is 12.1 Å². The van der Waals surface area contributed by atoms with E-state index in [0.717, 1.165) is 12.0 Å². The van der Waals surface area contributed by atoms with Gasteiger partial charge in [0, 0.05) is 48.3 Å². The Labute approximate surface area is 197 Å². The molecule has 7 nitrogen and oxygen atoms in total. The lowest BCUT2D eigenvalue weighted by atomic mass is 10.1. The molecule has 2 aromatic carbocycles. The standard InChI is InChI=1S/C25H26ClN3O4/c1-2-33-14-6-13-27-24(31)18-8-5-9-21(15-18)28-25(32)20-11-12-23(30)29(17-20)16-19-7-3-4-10-22(19)26/h3-5,7-12,15,17H,2,6,13-14,16H2,1H3,(H,27,31)(H,28,32). The number of rotatable bonds is 10. The summed E-state index contributed by atoms with van der Waals surface area (Å²) in [5, 5.41) is 6.16. The first-order chi connectivity index (χ1) is 16.0. The van der Waals surface area contributed by atoms with Crippen LogP contribution in [0.5, 0.6) is 0 Å². The third kappa shape index (κ3) is 7.03. The van der Waals surface area contributed by atoms with Crippen molar-refractivity contribution in [1.82, 2.24) is 9.88 Å². The molecule has 3 rings (SSSR count). The molecule has 0 unspecified atom stereocenters. The van der Waals surface area contributed by atoms with Gasteiger partial charge in [-0.05, 0) is 49.2 Å². The summed E-state index contributed by atoms with van der Waals surface area (Å²) < 4.78 is 6.69. The fourth-order valence-electron chi connectivity index (χ4n) is 3.16. The lowest BCUT2D eigenvalue weighted by Gasteiger charge is -2.11. The number of pyridine rings is 1. The zero-order chi connectivity index (χ0) is 23.6. The smallest absolute Gasteiger partial charge is 0.257 e. The number of ether oxygens (including phenoxy) is 1. The summed E-state index contributed by atoms with van der Waals surface area (Å²) in [6.45, 7) is 3.91. The van der Waals surface area contributed by atoms with Gasteiger partial charge in [-0.15, -0.1) is 0 Å². The Morgan fingerprint density at radius 3 is 2.61 bits per heavy atom. The summed E-state index contributed by atoms with van der Waals surface area (Å²) >= 11 is 6.20. The van der Waals surface area contributed by atoms with Crippen LogP contribution in [0.25, 0.3) is 0 Å². The summed E-state index contributed by atoms with van der Waals surface area (Å²) in [5.74, 6) is -0.618. The van der Waals surface area contributed by atoms with Crippen LogP contribution in [-0.2, 0) is 11.3 Å². The molecular formula is C25H26ClN3O4. The number of carbonyl (C=O) groups excluding carboxylic acids is 2. The maximum atomic E-state index is 12.8. The summed E-state index contributed by atoms with van der Waals surface area (Å²) in [5.41, 5.74) is 1.76. The second kappa shape index (κ2) is 12.0. The van der Waals surface area contributed by atoms with E-state index in [4.69, 9.17) is 16.3 Å². The van der Waals surface area contributed by atoms with Gasteiger partial charge in [0.1, 0.15) is 0 Å². The number of hydrogen-bond donors (Lipinski definition) is 2. The first-order valence-corrected chi connectivity index (χ1v) is 11.1. The first-order valence-electron chi connectivity index (χ1n) is 10.7. The molecule has 0 fully saturated rings. The number of anilines is 1. The van der Waals surface area contributed by atoms with Crippen LogP contribution in [0.2, 0.25) is 5.02 Å². The molecule has 3 aromatic rings. The van der Waals surface area contributed by atoms with Gasteiger partial charge in [0.15, 0.2) is 0 Å². The summed E-state index contributed by atoms with van der Waals surface area (Å²) in [7, 11) is 0. The molecule has 0 aliphatic rings. The molecule has 0 aliphatic heterocycles. The summed E-state index contributed by atoms with van der Waals surface area (Å²) in [4.78, 5) is 37.4. The van der Waals surface area contributed by atoms with E-state index in [2.05, 4.69) is 10.6 Å². The Morgan fingerprint density at radius 2 is 1.82 bits per heavy atom. The Kier molecular flexibility index (Phi) is 8.80. The molecule has 2 amide bonds. The van der Waals surface area contributed by atoms with E-state index in [0.29, 0.717) is 41.6 Å². The van der Waals surface area contributed by atoms with Crippen LogP contribution in [-0.4, -0.2) is 36.1 Å². The lowest BCUT2D eigenvalue weighted by molar-refractivity contribution is 0.0943. The molecule has 0 aliphatic carbocycles. The van der Waals surface area contributed by atoms with Gasteiger partial charge in [0.2, 0.25) is 0 Å². The minimum atomic E-state index is -0.391.